The van der Waals surface area contributed by atoms with Crippen molar-refractivity contribution in [3.05, 3.63) is 0 Å². The van der Waals surface area contributed by atoms with E-state index in [0.717, 1.165) is 25.1 Å². The minimum absolute atomic E-state index is 0.106. The molecule has 1 atom stereocenters. The topological polar surface area (TPSA) is 70.0 Å². The summed E-state index contributed by atoms with van der Waals surface area (Å²) >= 11 is 1.59. The number of nitrogens with zero attached hydrogens (tertiary/aromatic N) is 1. The minimum Gasteiger partial charge on any atom is -0.302 e. The van der Waals surface area contributed by atoms with Crippen molar-refractivity contribution in [3.63, 3.8) is 0 Å². The Morgan fingerprint density at radius 1 is 1.44 bits per heavy atom. The van der Waals surface area contributed by atoms with Crippen molar-refractivity contribution in [3.8, 4) is 6.07 Å². The second-order valence-corrected chi connectivity index (χ2v) is 7.15. The highest BCUT2D eigenvalue weighted by molar-refractivity contribution is 8.00. The van der Waals surface area contributed by atoms with Crippen LogP contribution in [0.4, 0.5) is 0 Å². The van der Waals surface area contributed by atoms with E-state index in [1.807, 2.05) is 0 Å². The second-order valence-electron chi connectivity index (χ2n) is 3.67. The van der Waals surface area contributed by atoms with Crippen LogP contribution in [0.5, 0.6) is 0 Å². The van der Waals surface area contributed by atoms with Gasteiger partial charge in [0.1, 0.15) is 9.84 Å². The number of sulfone groups is 1. The zero-order valence-corrected chi connectivity index (χ0v) is 11.5. The third-order valence-electron chi connectivity index (χ3n) is 1.95. The van der Waals surface area contributed by atoms with Crippen LogP contribution in [0.3, 0.4) is 0 Å². The first kappa shape index (κ1) is 15.8. The fraction of sp³-hybridized carbons (Fsp3) is 0.900. The molecule has 0 aromatic carbocycles. The summed E-state index contributed by atoms with van der Waals surface area (Å²) in [5.74, 6) is 1.66. The summed E-state index contributed by atoms with van der Waals surface area (Å²) in [7, 11) is -2.85. The van der Waals surface area contributed by atoms with Crippen molar-refractivity contribution in [2.75, 3.05) is 30.1 Å². The minimum atomic E-state index is -2.85. The van der Waals surface area contributed by atoms with Gasteiger partial charge in [0.15, 0.2) is 0 Å². The molecule has 0 amide bonds. The van der Waals surface area contributed by atoms with E-state index < -0.39 is 9.84 Å². The van der Waals surface area contributed by atoms with Gasteiger partial charge in [-0.15, -0.1) is 0 Å². The largest absolute Gasteiger partial charge is 0.302 e. The standard InChI is InChI=1S/C10H20N2O2S2/c1-3-5-12-10(9-11)4-6-15-7-8-16(2,13)14/h10,12H,3-8H2,1-2H3. The van der Waals surface area contributed by atoms with Crippen LogP contribution in [0, 0.1) is 11.3 Å². The molecule has 0 aromatic rings. The third-order valence-corrected chi connectivity index (χ3v) is 4.17. The zero-order valence-electron chi connectivity index (χ0n) is 9.90. The van der Waals surface area contributed by atoms with Gasteiger partial charge in [-0.2, -0.15) is 17.0 Å². The lowest BCUT2D eigenvalue weighted by Gasteiger charge is -2.09. The number of thioether (sulfide) groups is 1. The van der Waals surface area contributed by atoms with Crippen LogP contribution < -0.4 is 5.32 Å². The number of rotatable bonds is 9. The van der Waals surface area contributed by atoms with Crippen molar-refractivity contribution < 1.29 is 8.42 Å². The molecule has 94 valence electrons. The van der Waals surface area contributed by atoms with Gasteiger partial charge in [-0.05, 0) is 25.1 Å². The molecule has 0 heterocycles. The summed E-state index contributed by atoms with van der Waals surface area (Å²) in [6.45, 7) is 2.91. The van der Waals surface area contributed by atoms with E-state index in [-0.39, 0.29) is 11.8 Å². The summed E-state index contributed by atoms with van der Waals surface area (Å²) in [5.41, 5.74) is 0. The number of hydrogen-bond acceptors (Lipinski definition) is 5. The van der Waals surface area contributed by atoms with Gasteiger partial charge >= 0.3 is 0 Å². The zero-order chi connectivity index (χ0) is 12.4. The van der Waals surface area contributed by atoms with E-state index in [0.29, 0.717) is 5.75 Å². The Morgan fingerprint density at radius 3 is 2.62 bits per heavy atom. The van der Waals surface area contributed by atoms with Crippen LogP contribution in [0.15, 0.2) is 0 Å². The van der Waals surface area contributed by atoms with Gasteiger partial charge in [0.05, 0.1) is 17.9 Å². The molecule has 4 nitrogen and oxygen atoms in total. The molecule has 0 spiro atoms. The van der Waals surface area contributed by atoms with Crippen LogP contribution in [0.25, 0.3) is 0 Å². The van der Waals surface area contributed by atoms with Crippen molar-refractivity contribution in [2.24, 2.45) is 0 Å². The Hall–Kier alpha value is -0.250. The molecule has 0 aromatic heterocycles. The highest BCUT2D eigenvalue weighted by Gasteiger charge is 2.06. The molecule has 0 bridgehead atoms. The van der Waals surface area contributed by atoms with Gasteiger partial charge < -0.3 is 5.32 Å². The maximum atomic E-state index is 10.8. The predicted octanol–water partition coefficient (Wildman–Crippen LogP) is 1.05. The number of hydrogen-bond donors (Lipinski definition) is 1. The molecule has 0 aliphatic heterocycles. The van der Waals surface area contributed by atoms with Gasteiger partial charge in [0.25, 0.3) is 0 Å². The van der Waals surface area contributed by atoms with Gasteiger partial charge in [-0.3, -0.25) is 0 Å². The Balaban J connectivity index is 3.53. The summed E-state index contributed by atoms with van der Waals surface area (Å²) in [5, 5.41) is 12.0. The predicted molar refractivity (Wildman–Crippen MR) is 69.3 cm³/mol. The Labute approximate surface area is 103 Å². The summed E-state index contributed by atoms with van der Waals surface area (Å²) in [6.07, 6.45) is 3.03. The molecule has 0 radical (unpaired) electrons. The normalized spacial score (nSPS) is 13.3. The molecule has 1 N–H and O–H groups in total. The lowest BCUT2D eigenvalue weighted by atomic mass is 10.2. The van der Waals surface area contributed by atoms with E-state index in [9.17, 15) is 8.42 Å². The molecule has 0 saturated carbocycles. The Bertz CT molecular complexity index is 309. The molecule has 0 aliphatic rings. The average Bonchev–Trinajstić information content (AvgIpc) is 2.20. The van der Waals surface area contributed by atoms with Crippen LogP contribution in [0.2, 0.25) is 0 Å². The summed E-state index contributed by atoms with van der Waals surface area (Å²) in [6, 6.07) is 2.10. The highest BCUT2D eigenvalue weighted by atomic mass is 32.2. The van der Waals surface area contributed by atoms with E-state index in [1.54, 1.807) is 11.8 Å². The Morgan fingerprint density at radius 2 is 2.12 bits per heavy atom. The van der Waals surface area contributed by atoms with Gasteiger partial charge in [0.2, 0.25) is 0 Å². The number of nitrogens with one attached hydrogen (secondary N) is 1. The van der Waals surface area contributed by atoms with Crippen molar-refractivity contribution in [1.82, 2.24) is 5.32 Å². The van der Waals surface area contributed by atoms with E-state index >= 15 is 0 Å². The van der Waals surface area contributed by atoms with Gasteiger partial charge in [-0.25, -0.2) is 8.42 Å². The quantitative estimate of drug-likeness (QED) is 0.630. The first-order valence-electron chi connectivity index (χ1n) is 5.38. The third kappa shape index (κ3) is 10.3. The maximum absolute atomic E-state index is 10.8. The lowest BCUT2D eigenvalue weighted by Crippen LogP contribution is -2.28. The van der Waals surface area contributed by atoms with E-state index in [1.165, 1.54) is 6.26 Å². The van der Waals surface area contributed by atoms with E-state index in [4.69, 9.17) is 5.26 Å². The molecular formula is C10H20N2O2S2. The molecule has 0 saturated heterocycles. The second kappa shape index (κ2) is 8.85. The van der Waals surface area contributed by atoms with Crippen molar-refractivity contribution in [1.29, 1.82) is 5.26 Å². The summed E-state index contributed by atoms with van der Waals surface area (Å²) < 4.78 is 21.7. The maximum Gasteiger partial charge on any atom is 0.148 e. The first-order chi connectivity index (χ1) is 7.49. The smallest absolute Gasteiger partial charge is 0.148 e. The summed E-state index contributed by atoms with van der Waals surface area (Å²) in [4.78, 5) is 0. The average molecular weight is 264 g/mol. The monoisotopic (exact) mass is 264 g/mol. The van der Waals surface area contributed by atoms with Crippen molar-refractivity contribution in [2.45, 2.75) is 25.8 Å². The molecule has 0 rings (SSSR count). The number of nitriles is 1. The molecule has 0 fully saturated rings. The van der Waals surface area contributed by atoms with E-state index in [2.05, 4.69) is 18.3 Å². The highest BCUT2D eigenvalue weighted by Crippen LogP contribution is 2.05. The molecular weight excluding hydrogens is 244 g/mol. The fourth-order valence-corrected chi connectivity index (χ4v) is 3.33. The van der Waals surface area contributed by atoms with Gasteiger partial charge in [0, 0.05) is 12.0 Å². The van der Waals surface area contributed by atoms with Crippen LogP contribution in [-0.2, 0) is 9.84 Å². The first-order valence-corrected chi connectivity index (χ1v) is 8.59. The molecule has 1 unspecified atom stereocenters. The Kier molecular flexibility index (Phi) is 8.71. The van der Waals surface area contributed by atoms with Crippen LogP contribution in [0.1, 0.15) is 19.8 Å². The van der Waals surface area contributed by atoms with Crippen LogP contribution in [-0.4, -0.2) is 44.5 Å². The molecule has 16 heavy (non-hydrogen) atoms. The fourth-order valence-electron chi connectivity index (χ4n) is 1.04. The SMILES string of the molecule is CCCNC(C#N)CCSCCS(C)(=O)=O. The van der Waals surface area contributed by atoms with Gasteiger partial charge in [-0.1, -0.05) is 6.92 Å². The molecule has 0 aliphatic carbocycles. The van der Waals surface area contributed by atoms with Crippen LogP contribution >= 0.6 is 11.8 Å². The lowest BCUT2D eigenvalue weighted by molar-refractivity contribution is 0.585. The molecule has 6 heteroatoms. The van der Waals surface area contributed by atoms with Crippen molar-refractivity contribution >= 4 is 21.6 Å².